The van der Waals surface area contributed by atoms with Crippen molar-refractivity contribution in [3.05, 3.63) is 59.2 Å². The average molecular weight is 520 g/mol. The van der Waals surface area contributed by atoms with E-state index in [1.807, 2.05) is 18.2 Å². The lowest BCUT2D eigenvalue weighted by atomic mass is 10.0. The third kappa shape index (κ3) is 5.80. The fraction of sp³-hybridized carbons (Fsp3) is 0.429. The predicted molar refractivity (Wildman–Crippen MR) is 140 cm³/mol. The maximum atomic E-state index is 12.8. The molecule has 2 fully saturated rings. The Morgan fingerprint density at radius 2 is 1.84 bits per heavy atom. The van der Waals surface area contributed by atoms with Gasteiger partial charge in [0.2, 0.25) is 11.8 Å². The number of nitrogens with one attached hydrogen (secondary N) is 3. The summed E-state index contributed by atoms with van der Waals surface area (Å²) in [7, 11) is 0. The lowest BCUT2D eigenvalue weighted by Gasteiger charge is -2.29. The number of nitrogens with two attached hydrogens (primary N) is 1. The number of benzene rings is 2. The Labute approximate surface area is 221 Å². The maximum absolute atomic E-state index is 12.8. The molecule has 0 radical (unpaired) electrons. The Kier molecular flexibility index (Phi) is 7.59. The number of urea groups is 1. The van der Waals surface area contributed by atoms with Crippen LogP contribution in [0.5, 0.6) is 5.75 Å². The highest BCUT2D eigenvalue weighted by Gasteiger charge is 2.39. The smallest absolute Gasteiger partial charge is 0.319 e. The molecule has 0 spiro atoms. The van der Waals surface area contributed by atoms with E-state index < -0.39 is 11.9 Å². The molecule has 5 amide bonds. The lowest BCUT2D eigenvalue weighted by Crippen LogP contribution is -2.52. The van der Waals surface area contributed by atoms with Crippen LogP contribution in [0.15, 0.2) is 42.5 Å². The largest absolute Gasteiger partial charge is 0.493 e. The minimum atomic E-state index is -0.650. The molecule has 3 aliphatic rings. The fourth-order valence-corrected chi connectivity index (χ4v) is 5.49. The van der Waals surface area contributed by atoms with E-state index in [0.29, 0.717) is 42.7 Å². The molecule has 1 aliphatic carbocycles. The molecular weight excluding hydrogens is 486 g/mol. The zero-order valence-electron chi connectivity index (χ0n) is 21.2. The van der Waals surface area contributed by atoms with Crippen molar-refractivity contribution < 1.29 is 23.9 Å². The standard InChI is InChI=1S/C28H33N5O5/c29-13-17-1-2-19(11-17)16-38-22-6-4-21(5-7-22)31-28(37)30-14-18-3-8-23-20(12-18)15-33(27(23)36)24-9-10-25(34)32-26(24)35/h3-8,12,17,19,24H,1-2,9-11,13-16,29H2,(H2,30,31,37)(H,32,34,35)/t17-,19-,24?/m0/s1. The van der Waals surface area contributed by atoms with E-state index in [0.717, 1.165) is 36.3 Å². The third-order valence-corrected chi connectivity index (χ3v) is 7.62. The van der Waals surface area contributed by atoms with Gasteiger partial charge < -0.3 is 26.0 Å². The van der Waals surface area contributed by atoms with Crippen LogP contribution in [-0.4, -0.2) is 47.8 Å². The van der Waals surface area contributed by atoms with Crippen LogP contribution < -0.4 is 26.4 Å². The molecule has 10 nitrogen and oxygen atoms in total. The van der Waals surface area contributed by atoms with Gasteiger partial charge in [-0.15, -0.1) is 0 Å². The predicted octanol–water partition coefficient (Wildman–Crippen LogP) is 2.52. The van der Waals surface area contributed by atoms with Gasteiger partial charge in [0.05, 0.1) is 6.61 Å². The van der Waals surface area contributed by atoms with Crippen molar-refractivity contribution in [2.24, 2.45) is 17.6 Å². The molecule has 1 saturated carbocycles. The maximum Gasteiger partial charge on any atom is 0.319 e. The van der Waals surface area contributed by atoms with Gasteiger partial charge >= 0.3 is 6.03 Å². The number of carbonyl (C=O) groups excluding carboxylic acids is 4. The van der Waals surface area contributed by atoms with Gasteiger partial charge in [0.1, 0.15) is 11.8 Å². The summed E-state index contributed by atoms with van der Waals surface area (Å²) in [6.45, 7) is 2.00. The summed E-state index contributed by atoms with van der Waals surface area (Å²) in [6.07, 6.45) is 3.98. The van der Waals surface area contributed by atoms with E-state index in [9.17, 15) is 19.2 Å². The number of piperidine rings is 1. The van der Waals surface area contributed by atoms with Crippen LogP contribution in [-0.2, 0) is 22.7 Å². The van der Waals surface area contributed by atoms with Crippen molar-refractivity contribution >= 4 is 29.4 Å². The van der Waals surface area contributed by atoms with Gasteiger partial charge in [0, 0.05) is 30.8 Å². The van der Waals surface area contributed by atoms with E-state index in [-0.39, 0.29) is 30.8 Å². The summed E-state index contributed by atoms with van der Waals surface area (Å²) >= 11 is 0. The molecule has 2 aromatic carbocycles. The van der Waals surface area contributed by atoms with Crippen molar-refractivity contribution in [3.8, 4) is 5.75 Å². The van der Waals surface area contributed by atoms with Gasteiger partial charge in [0.15, 0.2) is 0 Å². The van der Waals surface area contributed by atoms with Crippen LogP contribution in [0.1, 0.15) is 53.6 Å². The summed E-state index contributed by atoms with van der Waals surface area (Å²) in [5.41, 5.74) is 8.59. The molecule has 1 unspecified atom stereocenters. The first-order chi connectivity index (χ1) is 18.4. The van der Waals surface area contributed by atoms with Gasteiger partial charge in [0.25, 0.3) is 5.91 Å². The first kappa shape index (κ1) is 25.7. The monoisotopic (exact) mass is 519 g/mol. The summed E-state index contributed by atoms with van der Waals surface area (Å²) in [5.74, 6) is 0.959. The van der Waals surface area contributed by atoms with Crippen LogP contribution in [0.25, 0.3) is 0 Å². The molecule has 5 rings (SSSR count). The van der Waals surface area contributed by atoms with Crippen molar-refractivity contribution in [1.29, 1.82) is 0 Å². The number of imide groups is 1. The van der Waals surface area contributed by atoms with Gasteiger partial charge in [-0.1, -0.05) is 12.1 Å². The number of nitrogens with zero attached hydrogens (tertiary/aromatic N) is 1. The fourth-order valence-electron chi connectivity index (χ4n) is 5.49. The highest BCUT2D eigenvalue weighted by atomic mass is 16.5. The van der Waals surface area contributed by atoms with E-state index in [1.54, 1.807) is 24.3 Å². The van der Waals surface area contributed by atoms with Crippen LogP contribution in [0.2, 0.25) is 0 Å². The highest BCUT2D eigenvalue weighted by molar-refractivity contribution is 6.05. The molecule has 38 heavy (non-hydrogen) atoms. The van der Waals surface area contributed by atoms with Crippen LogP contribution >= 0.6 is 0 Å². The number of hydrogen-bond acceptors (Lipinski definition) is 6. The van der Waals surface area contributed by atoms with E-state index in [1.165, 1.54) is 11.3 Å². The highest BCUT2D eigenvalue weighted by Crippen LogP contribution is 2.31. The van der Waals surface area contributed by atoms with Crippen LogP contribution in [0, 0.1) is 11.8 Å². The second-order valence-electron chi connectivity index (χ2n) is 10.3. The van der Waals surface area contributed by atoms with Crippen LogP contribution in [0.3, 0.4) is 0 Å². The summed E-state index contributed by atoms with van der Waals surface area (Å²) in [5, 5.41) is 7.95. The van der Waals surface area contributed by atoms with E-state index in [2.05, 4.69) is 16.0 Å². The molecule has 200 valence electrons. The van der Waals surface area contributed by atoms with Gasteiger partial charge in [-0.05, 0) is 85.5 Å². The summed E-state index contributed by atoms with van der Waals surface area (Å²) < 4.78 is 5.92. The number of ether oxygens (including phenoxy) is 1. The average Bonchev–Trinajstić information content (AvgIpc) is 3.51. The number of anilines is 1. The SMILES string of the molecule is NC[C@H]1CC[C@H](COc2ccc(NC(=O)NCc3ccc4c(c3)CN(C3CCC(=O)NC3=O)C4=O)cc2)C1. The Morgan fingerprint density at radius 3 is 2.58 bits per heavy atom. The topological polar surface area (TPSA) is 143 Å². The minimum Gasteiger partial charge on any atom is -0.493 e. The van der Waals surface area contributed by atoms with Crippen molar-refractivity contribution in [2.75, 3.05) is 18.5 Å². The first-order valence-electron chi connectivity index (χ1n) is 13.1. The Bertz CT molecular complexity index is 1230. The third-order valence-electron chi connectivity index (χ3n) is 7.62. The van der Waals surface area contributed by atoms with Gasteiger partial charge in [-0.3, -0.25) is 19.7 Å². The number of rotatable bonds is 8. The zero-order chi connectivity index (χ0) is 26.6. The summed E-state index contributed by atoms with van der Waals surface area (Å²) in [6, 6.07) is 11.7. The molecule has 2 heterocycles. The second-order valence-corrected chi connectivity index (χ2v) is 10.3. The molecule has 5 N–H and O–H groups in total. The number of fused-ring (bicyclic) bond motifs is 1. The van der Waals surface area contributed by atoms with Crippen molar-refractivity contribution in [2.45, 2.75) is 51.2 Å². The summed E-state index contributed by atoms with van der Waals surface area (Å²) in [4.78, 5) is 50.4. The van der Waals surface area contributed by atoms with Gasteiger partial charge in [-0.2, -0.15) is 0 Å². The second kappa shape index (κ2) is 11.2. The molecule has 1 saturated heterocycles. The first-order valence-corrected chi connectivity index (χ1v) is 13.1. The normalized spacial score (nSPS) is 22.7. The molecule has 2 aliphatic heterocycles. The zero-order valence-corrected chi connectivity index (χ0v) is 21.2. The number of carbonyl (C=O) groups is 4. The minimum absolute atomic E-state index is 0.215. The Balaban J connectivity index is 1.09. The van der Waals surface area contributed by atoms with Crippen molar-refractivity contribution in [1.82, 2.24) is 15.5 Å². The number of hydrogen-bond donors (Lipinski definition) is 4. The lowest BCUT2D eigenvalue weighted by molar-refractivity contribution is -0.136. The molecule has 0 bridgehead atoms. The molecule has 3 atom stereocenters. The van der Waals surface area contributed by atoms with Crippen LogP contribution in [0.4, 0.5) is 10.5 Å². The molecule has 0 aromatic heterocycles. The van der Waals surface area contributed by atoms with Gasteiger partial charge in [-0.25, -0.2) is 4.79 Å². The molecule has 10 heteroatoms. The van der Waals surface area contributed by atoms with Crippen molar-refractivity contribution in [3.63, 3.8) is 0 Å². The number of amides is 5. The Morgan fingerprint density at radius 1 is 1.05 bits per heavy atom. The molecule has 2 aromatic rings. The Hall–Kier alpha value is -3.92. The quantitative estimate of drug-likeness (QED) is 0.395. The van der Waals surface area contributed by atoms with E-state index in [4.69, 9.17) is 10.5 Å². The molecular formula is C28H33N5O5. The van der Waals surface area contributed by atoms with E-state index >= 15 is 0 Å².